The molecule has 156 valence electrons. The number of nitrogens with zero attached hydrogens (tertiary/aromatic N) is 2. The normalized spacial score (nSPS) is 16.4. The van der Waals surface area contributed by atoms with Crippen molar-refractivity contribution in [2.24, 2.45) is 0 Å². The van der Waals surface area contributed by atoms with Crippen molar-refractivity contribution in [3.8, 4) is 5.75 Å². The Balaban J connectivity index is 1.51. The van der Waals surface area contributed by atoms with E-state index in [0.717, 1.165) is 50.5 Å². The summed E-state index contributed by atoms with van der Waals surface area (Å²) in [5.41, 5.74) is 3.05. The van der Waals surface area contributed by atoms with Crippen molar-refractivity contribution in [3.63, 3.8) is 0 Å². The molecular weight excluding hydrogens is 386 g/mol. The van der Waals surface area contributed by atoms with Crippen LogP contribution in [0.4, 0.5) is 5.69 Å². The molecule has 2 aromatic carbocycles. The number of benzene rings is 2. The van der Waals surface area contributed by atoms with E-state index in [9.17, 15) is 4.79 Å². The van der Waals surface area contributed by atoms with Gasteiger partial charge in [-0.1, -0.05) is 36.7 Å². The number of hydrogen-bond acceptors (Lipinski definition) is 4. The number of hydrogen-bond donors (Lipinski definition) is 1. The van der Waals surface area contributed by atoms with Crippen LogP contribution in [0, 0.1) is 6.92 Å². The van der Waals surface area contributed by atoms with Gasteiger partial charge >= 0.3 is 0 Å². The van der Waals surface area contributed by atoms with E-state index in [4.69, 9.17) is 16.3 Å². The number of likely N-dealkylation sites (N-methyl/N-ethyl adjacent to an activating group) is 1. The summed E-state index contributed by atoms with van der Waals surface area (Å²) in [5, 5.41) is 3.41. The van der Waals surface area contributed by atoms with Crippen molar-refractivity contribution in [1.29, 1.82) is 0 Å². The highest BCUT2D eigenvalue weighted by molar-refractivity contribution is 6.32. The molecular formula is C23H30ClN3O2. The van der Waals surface area contributed by atoms with Crippen LogP contribution in [0.25, 0.3) is 0 Å². The number of aryl methyl sites for hydroxylation is 1. The molecule has 5 nitrogen and oxygen atoms in total. The highest BCUT2D eigenvalue weighted by Crippen LogP contribution is 2.26. The zero-order valence-corrected chi connectivity index (χ0v) is 18.2. The molecule has 0 aromatic heterocycles. The molecule has 1 heterocycles. The SMILES string of the molecule is CCN1CCN(Cc2ccc(NC(=O)C(C)Oc3cc(C)ccc3Cl)cc2)CC1. The van der Waals surface area contributed by atoms with Gasteiger partial charge in [0.05, 0.1) is 5.02 Å². The zero-order valence-electron chi connectivity index (χ0n) is 17.5. The number of halogens is 1. The standard InChI is InChI=1S/C23H30ClN3O2/c1-4-26-11-13-27(14-12-26)16-19-6-8-20(9-7-19)25-23(28)18(3)29-22-15-17(2)5-10-21(22)24/h5-10,15,18H,4,11-14,16H2,1-3H3,(H,25,28). The number of carbonyl (C=O) groups is 1. The number of carbonyl (C=O) groups excluding carboxylic acids is 1. The van der Waals surface area contributed by atoms with Gasteiger partial charge in [0.15, 0.2) is 6.10 Å². The van der Waals surface area contributed by atoms with Gasteiger partial charge in [-0.25, -0.2) is 0 Å². The number of ether oxygens (including phenoxy) is 1. The van der Waals surface area contributed by atoms with Crippen LogP contribution in [0.15, 0.2) is 42.5 Å². The largest absolute Gasteiger partial charge is 0.479 e. The molecule has 1 N–H and O–H groups in total. The van der Waals surface area contributed by atoms with E-state index < -0.39 is 6.10 Å². The second-order valence-electron chi connectivity index (χ2n) is 7.59. The van der Waals surface area contributed by atoms with Crippen LogP contribution in [0.1, 0.15) is 25.0 Å². The maximum Gasteiger partial charge on any atom is 0.265 e. The van der Waals surface area contributed by atoms with Crippen molar-refractivity contribution in [1.82, 2.24) is 9.80 Å². The average molecular weight is 416 g/mol. The van der Waals surface area contributed by atoms with Crippen LogP contribution in [-0.2, 0) is 11.3 Å². The van der Waals surface area contributed by atoms with Crippen molar-refractivity contribution < 1.29 is 9.53 Å². The first-order valence-electron chi connectivity index (χ1n) is 10.2. The molecule has 2 aromatic rings. The van der Waals surface area contributed by atoms with Gasteiger partial charge < -0.3 is 15.0 Å². The lowest BCUT2D eigenvalue weighted by molar-refractivity contribution is -0.122. The van der Waals surface area contributed by atoms with Gasteiger partial charge in [0.1, 0.15) is 5.75 Å². The average Bonchev–Trinajstić information content (AvgIpc) is 2.72. The molecule has 1 atom stereocenters. The molecule has 0 radical (unpaired) electrons. The Bertz CT molecular complexity index is 817. The Morgan fingerprint density at radius 1 is 1.10 bits per heavy atom. The van der Waals surface area contributed by atoms with Gasteiger partial charge in [0.2, 0.25) is 0 Å². The molecule has 29 heavy (non-hydrogen) atoms. The summed E-state index contributed by atoms with van der Waals surface area (Å²) in [7, 11) is 0. The summed E-state index contributed by atoms with van der Waals surface area (Å²) in [4.78, 5) is 17.4. The highest BCUT2D eigenvalue weighted by atomic mass is 35.5. The Morgan fingerprint density at radius 2 is 1.76 bits per heavy atom. The molecule has 3 rings (SSSR count). The Morgan fingerprint density at radius 3 is 2.41 bits per heavy atom. The van der Waals surface area contributed by atoms with Crippen LogP contribution in [-0.4, -0.2) is 54.5 Å². The molecule has 1 saturated heterocycles. The predicted molar refractivity (Wildman–Crippen MR) is 119 cm³/mol. The maximum atomic E-state index is 12.5. The molecule has 0 saturated carbocycles. The van der Waals surface area contributed by atoms with Gasteiger partial charge in [-0.15, -0.1) is 0 Å². The van der Waals surface area contributed by atoms with Crippen LogP contribution >= 0.6 is 11.6 Å². The molecule has 1 aliphatic heterocycles. The van der Waals surface area contributed by atoms with Crippen LogP contribution in [0.2, 0.25) is 5.02 Å². The first-order valence-corrected chi connectivity index (χ1v) is 10.6. The van der Waals surface area contributed by atoms with E-state index in [1.807, 2.05) is 31.2 Å². The van der Waals surface area contributed by atoms with Gasteiger partial charge in [-0.05, 0) is 55.8 Å². The molecule has 0 aliphatic carbocycles. The van der Waals surface area contributed by atoms with Crippen molar-refractivity contribution in [3.05, 3.63) is 58.6 Å². The minimum absolute atomic E-state index is 0.203. The van der Waals surface area contributed by atoms with Crippen LogP contribution in [0.3, 0.4) is 0 Å². The molecule has 1 aliphatic rings. The lowest BCUT2D eigenvalue weighted by Gasteiger charge is -2.34. The smallest absolute Gasteiger partial charge is 0.265 e. The molecule has 0 spiro atoms. The topological polar surface area (TPSA) is 44.8 Å². The molecule has 1 fully saturated rings. The fraction of sp³-hybridized carbons (Fsp3) is 0.435. The number of amides is 1. The minimum Gasteiger partial charge on any atom is -0.479 e. The zero-order chi connectivity index (χ0) is 20.8. The van der Waals surface area contributed by atoms with Gasteiger partial charge in [0, 0.05) is 38.4 Å². The van der Waals surface area contributed by atoms with Crippen molar-refractivity contribution >= 4 is 23.2 Å². The number of anilines is 1. The Labute approximate surface area is 178 Å². The fourth-order valence-corrected chi connectivity index (χ4v) is 3.57. The van der Waals surface area contributed by atoms with Crippen molar-refractivity contribution in [2.75, 3.05) is 38.0 Å². The second-order valence-corrected chi connectivity index (χ2v) is 8.00. The van der Waals surface area contributed by atoms with E-state index >= 15 is 0 Å². The Kier molecular flexibility index (Phi) is 7.53. The third-order valence-electron chi connectivity index (χ3n) is 5.30. The second kappa shape index (κ2) is 10.1. The molecule has 0 bridgehead atoms. The summed E-state index contributed by atoms with van der Waals surface area (Å²) in [6.07, 6.45) is -0.649. The first kappa shape index (κ1) is 21.6. The summed E-state index contributed by atoms with van der Waals surface area (Å²) in [5.74, 6) is 0.318. The predicted octanol–water partition coefficient (Wildman–Crippen LogP) is 4.19. The van der Waals surface area contributed by atoms with Gasteiger partial charge in [0.25, 0.3) is 5.91 Å². The lowest BCUT2D eigenvalue weighted by Crippen LogP contribution is -2.45. The minimum atomic E-state index is -0.649. The molecule has 1 amide bonds. The molecule has 6 heteroatoms. The van der Waals surface area contributed by atoms with Gasteiger partial charge in [-0.2, -0.15) is 0 Å². The third-order valence-corrected chi connectivity index (χ3v) is 5.61. The monoisotopic (exact) mass is 415 g/mol. The number of piperazine rings is 1. The maximum absolute atomic E-state index is 12.5. The van der Waals surface area contributed by atoms with E-state index in [0.29, 0.717) is 10.8 Å². The van der Waals surface area contributed by atoms with E-state index in [1.54, 1.807) is 13.0 Å². The van der Waals surface area contributed by atoms with Crippen LogP contribution < -0.4 is 10.1 Å². The molecule has 1 unspecified atom stereocenters. The summed E-state index contributed by atoms with van der Waals surface area (Å²) >= 11 is 6.16. The Hall–Kier alpha value is -2.08. The van der Waals surface area contributed by atoms with Crippen LogP contribution in [0.5, 0.6) is 5.75 Å². The fourth-order valence-electron chi connectivity index (χ4n) is 3.40. The number of rotatable bonds is 7. The van der Waals surface area contributed by atoms with E-state index in [2.05, 4.69) is 34.2 Å². The summed E-state index contributed by atoms with van der Waals surface area (Å²) in [6.45, 7) is 12.4. The number of nitrogens with one attached hydrogen (secondary N) is 1. The van der Waals surface area contributed by atoms with E-state index in [-0.39, 0.29) is 5.91 Å². The third kappa shape index (κ3) is 6.20. The van der Waals surface area contributed by atoms with E-state index in [1.165, 1.54) is 5.56 Å². The highest BCUT2D eigenvalue weighted by Gasteiger charge is 2.17. The quantitative estimate of drug-likeness (QED) is 0.736. The van der Waals surface area contributed by atoms with Gasteiger partial charge in [-0.3, -0.25) is 9.69 Å². The first-order chi connectivity index (χ1) is 13.9. The lowest BCUT2D eigenvalue weighted by atomic mass is 10.1. The summed E-state index contributed by atoms with van der Waals surface area (Å²) < 4.78 is 5.75. The summed E-state index contributed by atoms with van der Waals surface area (Å²) in [6, 6.07) is 13.6. The van der Waals surface area contributed by atoms with Crippen molar-refractivity contribution in [2.45, 2.75) is 33.4 Å².